The number of hydrogen-bond acceptors (Lipinski definition) is 4. The second-order valence-corrected chi connectivity index (χ2v) is 5.21. The van der Waals surface area contributed by atoms with Crippen LogP contribution < -0.4 is 10.1 Å². The molecule has 0 spiro atoms. The number of nitrogens with zero attached hydrogens (tertiary/aromatic N) is 1. The summed E-state index contributed by atoms with van der Waals surface area (Å²) >= 11 is 0. The average Bonchev–Trinajstić information content (AvgIpc) is 2.66. The summed E-state index contributed by atoms with van der Waals surface area (Å²) in [7, 11) is 0. The number of para-hydroxylation sites is 1. The molecular formula is C17H16N2O3. The highest BCUT2D eigenvalue weighted by Gasteiger charge is 2.33. The van der Waals surface area contributed by atoms with Crippen LogP contribution in [0.3, 0.4) is 0 Å². The van der Waals surface area contributed by atoms with Gasteiger partial charge >= 0.3 is 0 Å². The van der Waals surface area contributed by atoms with E-state index in [1.54, 1.807) is 24.4 Å². The maximum Gasteiger partial charge on any atom is 0.217 e. The molecule has 2 heterocycles. The van der Waals surface area contributed by atoms with E-state index < -0.39 is 6.04 Å². The lowest BCUT2D eigenvalue weighted by Gasteiger charge is -2.19. The molecule has 1 aliphatic heterocycles. The van der Waals surface area contributed by atoms with Gasteiger partial charge in [-0.15, -0.1) is 0 Å². The van der Waals surface area contributed by atoms with Crippen molar-refractivity contribution in [2.45, 2.75) is 25.5 Å². The fourth-order valence-corrected chi connectivity index (χ4v) is 2.60. The molecule has 112 valence electrons. The van der Waals surface area contributed by atoms with E-state index in [9.17, 15) is 9.59 Å². The third-order valence-electron chi connectivity index (χ3n) is 3.58. The number of benzene rings is 1. The van der Waals surface area contributed by atoms with Crippen LogP contribution in [0.4, 0.5) is 0 Å². The van der Waals surface area contributed by atoms with Crippen molar-refractivity contribution in [1.82, 2.24) is 10.3 Å². The molecule has 2 unspecified atom stereocenters. The van der Waals surface area contributed by atoms with Crippen molar-refractivity contribution in [3.63, 3.8) is 0 Å². The van der Waals surface area contributed by atoms with Crippen LogP contribution in [0.25, 0.3) is 0 Å². The molecule has 5 nitrogen and oxygen atoms in total. The summed E-state index contributed by atoms with van der Waals surface area (Å²) < 4.78 is 5.99. The molecule has 1 aromatic heterocycles. The van der Waals surface area contributed by atoms with Gasteiger partial charge in [0, 0.05) is 19.5 Å². The van der Waals surface area contributed by atoms with Gasteiger partial charge in [-0.05, 0) is 24.3 Å². The summed E-state index contributed by atoms with van der Waals surface area (Å²) in [5.74, 6) is 0.151. The quantitative estimate of drug-likeness (QED) is 0.923. The van der Waals surface area contributed by atoms with Crippen molar-refractivity contribution < 1.29 is 14.3 Å². The van der Waals surface area contributed by atoms with E-state index in [1.165, 1.54) is 6.92 Å². The van der Waals surface area contributed by atoms with Gasteiger partial charge in [0.05, 0.1) is 17.3 Å². The Morgan fingerprint density at radius 3 is 2.73 bits per heavy atom. The van der Waals surface area contributed by atoms with Crippen molar-refractivity contribution in [3.05, 3.63) is 59.9 Å². The summed E-state index contributed by atoms with van der Waals surface area (Å²) in [6.45, 7) is 1.40. The van der Waals surface area contributed by atoms with E-state index in [0.717, 1.165) is 5.69 Å². The molecule has 2 aromatic rings. The van der Waals surface area contributed by atoms with Gasteiger partial charge < -0.3 is 10.1 Å². The summed E-state index contributed by atoms with van der Waals surface area (Å²) in [5.41, 5.74) is 1.22. The first-order valence-electron chi connectivity index (χ1n) is 7.13. The van der Waals surface area contributed by atoms with Gasteiger partial charge in [-0.25, -0.2) is 0 Å². The normalized spacial score (nSPS) is 20.5. The Hall–Kier alpha value is -2.69. The van der Waals surface area contributed by atoms with Gasteiger partial charge in [-0.3, -0.25) is 14.6 Å². The van der Waals surface area contributed by atoms with Gasteiger partial charge in [-0.1, -0.05) is 18.2 Å². The number of fused-ring (bicyclic) bond motifs is 1. The molecule has 0 radical (unpaired) electrons. The molecule has 0 aliphatic carbocycles. The largest absolute Gasteiger partial charge is 0.483 e. The minimum atomic E-state index is -0.617. The fraction of sp³-hybridized carbons (Fsp3) is 0.235. The zero-order valence-electron chi connectivity index (χ0n) is 12.2. The predicted molar refractivity (Wildman–Crippen MR) is 80.6 cm³/mol. The second-order valence-electron chi connectivity index (χ2n) is 5.21. The zero-order valence-corrected chi connectivity index (χ0v) is 12.2. The van der Waals surface area contributed by atoms with Crippen molar-refractivity contribution in [2.24, 2.45) is 0 Å². The van der Waals surface area contributed by atoms with E-state index >= 15 is 0 Å². The molecule has 0 saturated carbocycles. The van der Waals surface area contributed by atoms with Crippen molar-refractivity contribution in [3.8, 4) is 5.75 Å². The number of hydrogen-bond donors (Lipinski definition) is 1. The van der Waals surface area contributed by atoms with Crippen molar-refractivity contribution in [1.29, 1.82) is 0 Å². The number of carbonyl (C=O) groups excluding carboxylic acids is 2. The van der Waals surface area contributed by atoms with Crippen LogP contribution >= 0.6 is 0 Å². The third kappa shape index (κ3) is 2.83. The van der Waals surface area contributed by atoms with Gasteiger partial charge in [0.15, 0.2) is 5.78 Å². The third-order valence-corrected chi connectivity index (χ3v) is 3.58. The van der Waals surface area contributed by atoms with Crippen LogP contribution in [0.1, 0.15) is 35.5 Å². The van der Waals surface area contributed by atoms with Crippen molar-refractivity contribution in [2.75, 3.05) is 0 Å². The van der Waals surface area contributed by atoms with E-state index in [1.807, 2.05) is 24.3 Å². The van der Waals surface area contributed by atoms with E-state index in [2.05, 4.69) is 10.3 Å². The molecule has 0 saturated heterocycles. The highest BCUT2D eigenvalue weighted by molar-refractivity contribution is 6.04. The Kier molecular flexibility index (Phi) is 3.87. The maximum absolute atomic E-state index is 12.6. The Morgan fingerprint density at radius 2 is 2.00 bits per heavy atom. The summed E-state index contributed by atoms with van der Waals surface area (Å²) in [6, 6.07) is 12.0. The molecule has 1 N–H and O–H groups in total. The van der Waals surface area contributed by atoms with Gasteiger partial charge in [0.25, 0.3) is 0 Å². The number of aromatic nitrogens is 1. The molecule has 5 heteroatoms. The number of ketones is 1. The maximum atomic E-state index is 12.6. The lowest BCUT2D eigenvalue weighted by molar-refractivity contribution is -0.119. The van der Waals surface area contributed by atoms with E-state index in [-0.39, 0.29) is 17.8 Å². The summed E-state index contributed by atoms with van der Waals surface area (Å²) in [4.78, 5) is 28.3. The van der Waals surface area contributed by atoms with Crippen molar-refractivity contribution >= 4 is 11.7 Å². The first kappa shape index (κ1) is 14.3. The zero-order chi connectivity index (χ0) is 15.5. The minimum Gasteiger partial charge on any atom is -0.483 e. The predicted octanol–water partition coefficient (Wildman–Crippen LogP) is 2.29. The van der Waals surface area contributed by atoms with Gasteiger partial charge in [0.2, 0.25) is 5.91 Å². The number of Topliss-reactive ketones (excluding diaryl/α,β-unsaturated/α-hetero) is 1. The van der Waals surface area contributed by atoms with Crippen LogP contribution in [0.2, 0.25) is 0 Å². The fourth-order valence-electron chi connectivity index (χ4n) is 2.60. The standard InChI is InChI=1S/C17H16N2O3/c1-11(20)19-14-10-16(13-7-4-5-9-18-13)22-15-8-3-2-6-12(15)17(14)21/h2-9,14,16H,10H2,1H3,(H,19,20). The first-order valence-corrected chi connectivity index (χ1v) is 7.13. The number of nitrogens with one attached hydrogen (secondary N) is 1. The number of pyridine rings is 1. The molecule has 0 bridgehead atoms. The number of amides is 1. The summed E-state index contributed by atoms with van der Waals surface area (Å²) in [5, 5.41) is 2.72. The lowest BCUT2D eigenvalue weighted by atomic mass is 9.99. The van der Waals surface area contributed by atoms with Gasteiger partial charge in [-0.2, -0.15) is 0 Å². The molecule has 0 fully saturated rings. The van der Waals surface area contributed by atoms with Gasteiger partial charge in [0.1, 0.15) is 11.9 Å². The number of ether oxygens (including phenoxy) is 1. The SMILES string of the molecule is CC(=O)NC1CC(c2ccccn2)Oc2ccccc2C1=O. The molecule has 3 rings (SSSR count). The van der Waals surface area contributed by atoms with Crippen LogP contribution in [0, 0.1) is 0 Å². The molecule has 2 atom stereocenters. The van der Waals surface area contributed by atoms with Crippen LogP contribution in [0.5, 0.6) is 5.75 Å². The lowest BCUT2D eigenvalue weighted by Crippen LogP contribution is -2.40. The summed E-state index contributed by atoms with van der Waals surface area (Å²) in [6.07, 6.45) is 1.65. The number of carbonyl (C=O) groups is 2. The molecular weight excluding hydrogens is 280 g/mol. The Bertz CT molecular complexity index is 700. The van der Waals surface area contributed by atoms with E-state index in [4.69, 9.17) is 4.74 Å². The molecule has 1 aromatic carbocycles. The smallest absolute Gasteiger partial charge is 0.217 e. The highest BCUT2D eigenvalue weighted by Crippen LogP contribution is 2.32. The topological polar surface area (TPSA) is 68.3 Å². The Labute approximate surface area is 128 Å². The highest BCUT2D eigenvalue weighted by atomic mass is 16.5. The molecule has 1 aliphatic rings. The average molecular weight is 296 g/mol. The Balaban J connectivity index is 2.01. The molecule has 1 amide bonds. The van der Waals surface area contributed by atoms with Crippen LogP contribution in [-0.4, -0.2) is 22.7 Å². The minimum absolute atomic E-state index is 0.135. The Morgan fingerprint density at radius 1 is 1.23 bits per heavy atom. The van der Waals surface area contributed by atoms with E-state index in [0.29, 0.717) is 17.7 Å². The monoisotopic (exact) mass is 296 g/mol. The van der Waals surface area contributed by atoms with Crippen LogP contribution in [-0.2, 0) is 4.79 Å². The first-order chi connectivity index (χ1) is 10.6. The molecule has 22 heavy (non-hydrogen) atoms. The van der Waals surface area contributed by atoms with Crippen LogP contribution in [0.15, 0.2) is 48.7 Å². The second kappa shape index (κ2) is 5.97. The number of rotatable bonds is 2.